The molecule has 3 rings (SSSR count). The Hall–Kier alpha value is -1.84. The van der Waals surface area contributed by atoms with Crippen LogP contribution in [0, 0.1) is 5.41 Å². The Morgan fingerprint density at radius 3 is 2.78 bits per heavy atom. The highest BCUT2D eigenvalue weighted by Crippen LogP contribution is 2.49. The van der Waals surface area contributed by atoms with Crippen molar-refractivity contribution < 1.29 is 0 Å². The van der Waals surface area contributed by atoms with Crippen LogP contribution >= 0.6 is 0 Å². The molecular weight excluding hydrogens is 224 g/mol. The van der Waals surface area contributed by atoms with Gasteiger partial charge < -0.3 is 5.32 Å². The SMILES string of the molecule is CC(Nc1ccccc1-n1cncn1)C1(C)CC1. The van der Waals surface area contributed by atoms with Crippen LogP contribution in [0.1, 0.15) is 26.7 Å². The second-order valence-corrected chi connectivity index (χ2v) is 5.38. The van der Waals surface area contributed by atoms with Crippen LogP contribution in [0.2, 0.25) is 0 Å². The molecule has 94 valence electrons. The fourth-order valence-electron chi connectivity index (χ4n) is 2.17. The Kier molecular flexibility index (Phi) is 2.58. The van der Waals surface area contributed by atoms with Crippen molar-refractivity contribution >= 4 is 5.69 Å². The first-order valence-corrected chi connectivity index (χ1v) is 6.40. The Morgan fingerprint density at radius 1 is 1.33 bits per heavy atom. The van der Waals surface area contributed by atoms with E-state index in [0.717, 1.165) is 11.4 Å². The van der Waals surface area contributed by atoms with E-state index in [0.29, 0.717) is 11.5 Å². The number of nitrogens with one attached hydrogen (secondary N) is 1. The lowest BCUT2D eigenvalue weighted by atomic mass is 10.0. The molecule has 0 radical (unpaired) electrons. The number of hydrogen-bond acceptors (Lipinski definition) is 3. The van der Waals surface area contributed by atoms with Gasteiger partial charge in [-0.1, -0.05) is 19.1 Å². The fraction of sp³-hybridized carbons (Fsp3) is 0.429. The molecule has 1 aliphatic rings. The summed E-state index contributed by atoms with van der Waals surface area (Å²) in [5.74, 6) is 0. The maximum atomic E-state index is 4.20. The predicted molar refractivity (Wildman–Crippen MR) is 71.8 cm³/mol. The number of anilines is 1. The van der Waals surface area contributed by atoms with Crippen LogP contribution in [0.25, 0.3) is 5.69 Å². The minimum absolute atomic E-state index is 0.454. The summed E-state index contributed by atoms with van der Waals surface area (Å²) in [6.07, 6.45) is 5.91. The van der Waals surface area contributed by atoms with Crippen molar-refractivity contribution in [1.29, 1.82) is 0 Å². The first-order chi connectivity index (χ1) is 8.69. The van der Waals surface area contributed by atoms with Gasteiger partial charge in [0.15, 0.2) is 0 Å². The van der Waals surface area contributed by atoms with Gasteiger partial charge in [-0.15, -0.1) is 0 Å². The van der Waals surface area contributed by atoms with Gasteiger partial charge >= 0.3 is 0 Å². The van der Waals surface area contributed by atoms with Crippen molar-refractivity contribution in [3.8, 4) is 5.69 Å². The Bertz CT molecular complexity index is 528. The van der Waals surface area contributed by atoms with Crippen molar-refractivity contribution in [2.45, 2.75) is 32.7 Å². The molecule has 18 heavy (non-hydrogen) atoms. The number of benzene rings is 1. The smallest absolute Gasteiger partial charge is 0.138 e. The van der Waals surface area contributed by atoms with E-state index < -0.39 is 0 Å². The van der Waals surface area contributed by atoms with Crippen LogP contribution in [-0.4, -0.2) is 20.8 Å². The van der Waals surface area contributed by atoms with Gasteiger partial charge in [0.25, 0.3) is 0 Å². The van der Waals surface area contributed by atoms with E-state index in [1.807, 2.05) is 12.1 Å². The maximum absolute atomic E-state index is 4.20. The lowest BCUT2D eigenvalue weighted by Gasteiger charge is -2.23. The van der Waals surface area contributed by atoms with E-state index in [1.54, 1.807) is 17.3 Å². The van der Waals surface area contributed by atoms with Gasteiger partial charge in [-0.05, 0) is 37.3 Å². The predicted octanol–water partition coefficient (Wildman–Crippen LogP) is 2.87. The molecule has 0 aliphatic heterocycles. The van der Waals surface area contributed by atoms with Gasteiger partial charge in [-0.25, -0.2) is 9.67 Å². The standard InChI is InChI=1S/C14H18N4/c1-11(14(2)7-8-14)17-12-5-3-4-6-13(12)18-10-15-9-16-18/h3-6,9-11,17H,7-8H2,1-2H3. The van der Waals surface area contributed by atoms with Crippen LogP contribution in [-0.2, 0) is 0 Å². The van der Waals surface area contributed by atoms with E-state index >= 15 is 0 Å². The molecule has 1 atom stereocenters. The molecule has 1 unspecified atom stereocenters. The zero-order valence-corrected chi connectivity index (χ0v) is 10.8. The summed E-state index contributed by atoms with van der Waals surface area (Å²) in [6, 6.07) is 8.69. The summed E-state index contributed by atoms with van der Waals surface area (Å²) in [7, 11) is 0. The van der Waals surface area contributed by atoms with Crippen LogP contribution in [0.5, 0.6) is 0 Å². The van der Waals surface area contributed by atoms with Crippen molar-refractivity contribution in [3.05, 3.63) is 36.9 Å². The maximum Gasteiger partial charge on any atom is 0.138 e. The Morgan fingerprint density at radius 2 is 2.11 bits per heavy atom. The summed E-state index contributed by atoms with van der Waals surface area (Å²) < 4.78 is 1.80. The van der Waals surface area contributed by atoms with E-state index in [9.17, 15) is 0 Å². The van der Waals surface area contributed by atoms with Crippen LogP contribution in [0.3, 0.4) is 0 Å². The second kappa shape index (κ2) is 4.12. The lowest BCUT2D eigenvalue weighted by Crippen LogP contribution is -2.25. The largest absolute Gasteiger partial charge is 0.380 e. The average molecular weight is 242 g/mol. The topological polar surface area (TPSA) is 42.7 Å². The van der Waals surface area contributed by atoms with Crippen LogP contribution < -0.4 is 5.32 Å². The normalized spacial score (nSPS) is 18.3. The molecule has 1 aliphatic carbocycles. The number of para-hydroxylation sites is 2. The van der Waals surface area contributed by atoms with Crippen molar-refractivity contribution in [3.63, 3.8) is 0 Å². The van der Waals surface area contributed by atoms with Crippen LogP contribution in [0.15, 0.2) is 36.9 Å². The molecule has 1 aromatic carbocycles. The summed E-state index contributed by atoms with van der Waals surface area (Å²) in [5, 5.41) is 7.81. The van der Waals surface area contributed by atoms with Crippen LogP contribution in [0.4, 0.5) is 5.69 Å². The monoisotopic (exact) mass is 242 g/mol. The molecule has 2 aromatic rings. The molecule has 1 fully saturated rings. The van der Waals surface area contributed by atoms with E-state index in [2.05, 4.69) is 41.4 Å². The highest BCUT2D eigenvalue weighted by Gasteiger charge is 2.42. The zero-order chi connectivity index (χ0) is 12.6. The highest BCUT2D eigenvalue weighted by molar-refractivity contribution is 5.61. The highest BCUT2D eigenvalue weighted by atomic mass is 15.3. The third kappa shape index (κ3) is 1.98. The summed E-state index contributed by atoms with van der Waals surface area (Å²) >= 11 is 0. The molecule has 1 aromatic heterocycles. The van der Waals surface area contributed by atoms with Gasteiger partial charge in [-0.3, -0.25) is 0 Å². The molecule has 1 N–H and O–H groups in total. The fourth-order valence-corrected chi connectivity index (χ4v) is 2.17. The molecule has 0 saturated heterocycles. The quantitative estimate of drug-likeness (QED) is 0.896. The molecule has 1 heterocycles. The molecule has 4 nitrogen and oxygen atoms in total. The van der Waals surface area contributed by atoms with E-state index in [-0.39, 0.29) is 0 Å². The van der Waals surface area contributed by atoms with Gasteiger partial charge in [0.05, 0.1) is 11.4 Å². The molecule has 0 amide bonds. The third-order valence-electron chi connectivity index (χ3n) is 4.03. The van der Waals surface area contributed by atoms with Gasteiger partial charge in [0.2, 0.25) is 0 Å². The van der Waals surface area contributed by atoms with Gasteiger partial charge in [-0.2, -0.15) is 5.10 Å². The van der Waals surface area contributed by atoms with Gasteiger partial charge in [0.1, 0.15) is 12.7 Å². The lowest BCUT2D eigenvalue weighted by molar-refractivity contribution is 0.493. The van der Waals surface area contributed by atoms with E-state index in [4.69, 9.17) is 0 Å². The van der Waals surface area contributed by atoms with Gasteiger partial charge in [0, 0.05) is 6.04 Å². The average Bonchev–Trinajstić information content (AvgIpc) is 2.93. The molecule has 0 bridgehead atoms. The van der Waals surface area contributed by atoms with E-state index in [1.165, 1.54) is 12.8 Å². The first kappa shape index (κ1) is 11.3. The Labute approximate surface area is 107 Å². The molecule has 0 spiro atoms. The number of aromatic nitrogens is 3. The summed E-state index contributed by atoms with van der Waals surface area (Å²) in [5.41, 5.74) is 2.62. The van der Waals surface area contributed by atoms with Crippen molar-refractivity contribution in [1.82, 2.24) is 14.8 Å². The van der Waals surface area contributed by atoms with Crippen molar-refractivity contribution in [2.75, 3.05) is 5.32 Å². The minimum atomic E-state index is 0.454. The molecule has 1 saturated carbocycles. The first-order valence-electron chi connectivity index (χ1n) is 6.40. The number of rotatable bonds is 4. The third-order valence-corrected chi connectivity index (χ3v) is 4.03. The summed E-state index contributed by atoms with van der Waals surface area (Å²) in [6.45, 7) is 4.59. The number of hydrogen-bond donors (Lipinski definition) is 1. The number of nitrogens with zero attached hydrogens (tertiary/aromatic N) is 3. The van der Waals surface area contributed by atoms with Crippen molar-refractivity contribution in [2.24, 2.45) is 5.41 Å². The zero-order valence-electron chi connectivity index (χ0n) is 10.8. The molecule has 4 heteroatoms. The molecular formula is C14H18N4. The summed E-state index contributed by atoms with van der Waals surface area (Å²) in [4.78, 5) is 4.00. The Balaban J connectivity index is 1.88. The second-order valence-electron chi connectivity index (χ2n) is 5.38. The minimum Gasteiger partial charge on any atom is -0.380 e.